The third-order valence-electron chi connectivity index (χ3n) is 6.59. The number of carbonyl (C=O) groups excluding carboxylic acids is 1. The fraction of sp³-hybridized carbons (Fsp3) is 0.682. The van der Waals surface area contributed by atoms with E-state index < -0.39 is 10.0 Å². The quantitative estimate of drug-likeness (QED) is 0.632. The molecule has 4 rings (SSSR count). The van der Waals surface area contributed by atoms with Crippen LogP contribution in [0, 0.1) is 5.92 Å². The Morgan fingerprint density at radius 3 is 2.69 bits per heavy atom. The molecule has 2 aliphatic rings. The topological polar surface area (TPSA) is 106 Å². The summed E-state index contributed by atoms with van der Waals surface area (Å²) >= 11 is 0. The molecule has 1 atom stereocenters. The van der Waals surface area contributed by atoms with Crippen LogP contribution in [-0.4, -0.2) is 66.5 Å². The highest BCUT2D eigenvalue weighted by molar-refractivity contribution is 7.89. The van der Waals surface area contributed by atoms with Crippen molar-refractivity contribution >= 4 is 27.0 Å². The molecule has 1 N–H and O–H groups in total. The minimum Gasteiger partial charge on any atom is -0.383 e. The molecule has 2 heterocycles. The lowest BCUT2D eigenvalue weighted by atomic mass is 9.97. The number of sulfonamides is 1. The third kappa shape index (κ3) is 5.13. The molecule has 1 unspecified atom stereocenters. The maximum Gasteiger partial charge on any atom is 0.243 e. The fourth-order valence-corrected chi connectivity index (χ4v) is 6.27. The molecule has 1 aliphatic heterocycles. The minimum atomic E-state index is -3.71. The van der Waals surface area contributed by atoms with Crippen LogP contribution in [0.25, 0.3) is 11.0 Å². The number of carbonyl (C=O) groups is 1. The third-order valence-corrected chi connectivity index (χ3v) is 8.45. The summed E-state index contributed by atoms with van der Waals surface area (Å²) in [6.07, 6.45) is 8.19. The van der Waals surface area contributed by atoms with Crippen molar-refractivity contribution in [3.8, 4) is 0 Å². The van der Waals surface area contributed by atoms with Crippen LogP contribution in [0.4, 0.5) is 0 Å². The Morgan fingerprint density at radius 1 is 1.16 bits per heavy atom. The van der Waals surface area contributed by atoms with E-state index in [1.165, 1.54) is 17.1 Å². The summed E-state index contributed by atoms with van der Waals surface area (Å²) in [7, 11) is -2.10. The molecule has 1 aromatic heterocycles. The molecular formula is C22H33N5O4S. The highest BCUT2D eigenvalue weighted by Gasteiger charge is 2.34. The molecule has 2 fully saturated rings. The Balaban J connectivity index is 1.45. The Bertz CT molecular complexity index is 1030. The number of ether oxygens (including phenoxy) is 1. The van der Waals surface area contributed by atoms with E-state index in [4.69, 9.17) is 4.74 Å². The number of nitrogens with one attached hydrogen (secondary N) is 1. The second-order valence-electron chi connectivity index (χ2n) is 8.86. The molecule has 32 heavy (non-hydrogen) atoms. The van der Waals surface area contributed by atoms with Crippen LogP contribution in [0.15, 0.2) is 23.1 Å². The predicted octanol–water partition coefficient (Wildman–Crippen LogP) is 2.32. The second-order valence-corrected chi connectivity index (χ2v) is 10.8. The molecule has 9 nitrogen and oxygen atoms in total. The van der Waals surface area contributed by atoms with Gasteiger partial charge in [-0.1, -0.05) is 30.9 Å². The number of nitrogens with zero attached hydrogens (tertiary/aromatic N) is 4. The van der Waals surface area contributed by atoms with Gasteiger partial charge in [0.2, 0.25) is 15.9 Å². The van der Waals surface area contributed by atoms with Crippen LogP contribution >= 0.6 is 0 Å². The van der Waals surface area contributed by atoms with Crippen LogP contribution in [0.1, 0.15) is 51.4 Å². The molecule has 1 saturated carbocycles. The SMILES string of the molecule is COCCn1nnc2cc(S(=O)(=O)N3CCCC(C(=O)NC4CCCCCC4)C3)ccc21. The summed E-state index contributed by atoms with van der Waals surface area (Å²) < 4.78 is 34.9. The van der Waals surface area contributed by atoms with Crippen molar-refractivity contribution in [2.24, 2.45) is 5.92 Å². The fourth-order valence-electron chi connectivity index (χ4n) is 4.72. The number of hydrogen-bond acceptors (Lipinski definition) is 6. The van der Waals surface area contributed by atoms with E-state index in [-0.39, 0.29) is 29.3 Å². The predicted molar refractivity (Wildman–Crippen MR) is 121 cm³/mol. The van der Waals surface area contributed by atoms with Gasteiger partial charge >= 0.3 is 0 Å². The standard InChI is InChI=1S/C22H33N5O4S/c1-31-14-13-27-21-11-10-19(15-20(21)24-25-27)32(29,30)26-12-6-7-17(16-26)22(28)23-18-8-4-2-3-5-9-18/h10-11,15,17-18H,2-9,12-14,16H2,1H3,(H,23,28). The summed E-state index contributed by atoms with van der Waals surface area (Å²) in [6.45, 7) is 1.69. The summed E-state index contributed by atoms with van der Waals surface area (Å²) in [6, 6.07) is 5.12. The van der Waals surface area contributed by atoms with Gasteiger partial charge in [0, 0.05) is 26.2 Å². The maximum atomic E-state index is 13.3. The summed E-state index contributed by atoms with van der Waals surface area (Å²) in [5.74, 6) is -0.311. The van der Waals surface area contributed by atoms with E-state index in [9.17, 15) is 13.2 Å². The molecule has 0 bridgehead atoms. The molecule has 0 spiro atoms. The number of benzene rings is 1. The van der Waals surface area contributed by atoms with Gasteiger partial charge in [0.25, 0.3) is 0 Å². The smallest absolute Gasteiger partial charge is 0.243 e. The molecule has 0 radical (unpaired) electrons. The zero-order valence-electron chi connectivity index (χ0n) is 18.7. The Morgan fingerprint density at radius 2 is 1.94 bits per heavy atom. The monoisotopic (exact) mass is 463 g/mol. The van der Waals surface area contributed by atoms with Crippen LogP contribution in [0.2, 0.25) is 0 Å². The van der Waals surface area contributed by atoms with Gasteiger partial charge in [-0.05, 0) is 43.9 Å². The number of methoxy groups -OCH3 is 1. The molecule has 1 aliphatic carbocycles. The highest BCUT2D eigenvalue weighted by Crippen LogP contribution is 2.26. The lowest BCUT2D eigenvalue weighted by Crippen LogP contribution is -2.47. The Kier molecular flexibility index (Phi) is 7.42. The number of hydrogen-bond donors (Lipinski definition) is 1. The first kappa shape index (κ1) is 23.1. The minimum absolute atomic E-state index is 0.00617. The first-order chi connectivity index (χ1) is 15.5. The van der Waals surface area contributed by atoms with Gasteiger partial charge < -0.3 is 10.1 Å². The highest BCUT2D eigenvalue weighted by atomic mass is 32.2. The average Bonchev–Trinajstić information content (AvgIpc) is 3.03. The number of piperidine rings is 1. The van der Waals surface area contributed by atoms with Gasteiger partial charge in [-0.25, -0.2) is 13.1 Å². The van der Waals surface area contributed by atoms with Gasteiger partial charge in [-0.2, -0.15) is 4.31 Å². The van der Waals surface area contributed by atoms with Crippen molar-refractivity contribution in [2.45, 2.75) is 68.8 Å². The average molecular weight is 464 g/mol. The van der Waals surface area contributed by atoms with Crippen LogP contribution < -0.4 is 5.32 Å². The van der Waals surface area contributed by atoms with Crippen molar-refractivity contribution in [1.82, 2.24) is 24.6 Å². The molecule has 1 saturated heterocycles. The largest absolute Gasteiger partial charge is 0.383 e. The van der Waals surface area contributed by atoms with Crippen LogP contribution in [0.5, 0.6) is 0 Å². The summed E-state index contributed by atoms with van der Waals surface area (Å²) in [5, 5.41) is 11.4. The van der Waals surface area contributed by atoms with E-state index in [0.717, 1.165) is 37.6 Å². The summed E-state index contributed by atoms with van der Waals surface area (Å²) in [5.41, 5.74) is 1.29. The maximum absolute atomic E-state index is 13.3. The number of rotatable bonds is 7. The summed E-state index contributed by atoms with van der Waals surface area (Å²) in [4.78, 5) is 13.1. The normalized spacial score (nSPS) is 21.5. The number of amides is 1. The molecule has 10 heteroatoms. The zero-order valence-corrected chi connectivity index (χ0v) is 19.5. The van der Waals surface area contributed by atoms with Crippen LogP contribution in [-0.2, 0) is 26.1 Å². The second kappa shape index (κ2) is 10.3. The lowest BCUT2D eigenvalue weighted by Gasteiger charge is -2.32. The van der Waals surface area contributed by atoms with Gasteiger partial charge in [0.1, 0.15) is 5.52 Å². The van der Waals surface area contributed by atoms with E-state index in [0.29, 0.717) is 31.6 Å². The van der Waals surface area contributed by atoms with Crippen LogP contribution in [0.3, 0.4) is 0 Å². The number of aromatic nitrogens is 3. The van der Waals surface area contributed by atoms with E-state index in [2.05, 4.69) is 15.6 Å². The molecule has 176 valence electrons. The van der Waals surface area contributed by atoms with Crippen molar-refractivity contribution < 1.29 is 17.9 Å². The van der Waals surface area contributed by atoms with Crippen molar-refractivity contribution in [3.63, 3.8) is 0 Å². The first-order valence-electron chi connectivity index (χ1n) is 11.6. The Labute approximate surface area is 189 Å². The number of fused-ring (bicyclic) bond motifs is 1. The molecule has 1 aromatic carbocycles. The van der Waals surface area contributed by atoms with E-state index in [1.807, 2.05) is 0 Å². The molecule has 2 aromatic rings. The molecular weight excluding hydrogens is 430 g/mol. The van der Waals surface area contributed by atoms with Crippen molar-refractivity contribution in [1.29, 1.82) is 0 Å². The van der Waals surface area contributed by atoms with Gasteiger partial charge in [0.05, 0.1) is 29.5 Å². The molecule has 1 amide bonds. The lowest BCUT2D eigenvalue weighted by molar-refractivity contribution is -0.126. The first-order valence-corrected chi connectivity index (χ1v) is 13.1. The zero-order chi connectivity index (χ0) is 22.6. The van der Waals surface area contributed by atoms with Crippen molar-refractivity contribution in [3.05, 3.63) is 18.2 Å². The van der Waals surface area contributed by atoms with Gasteiger partial charge in [0.15, 0.2) is 0 Å². The van der Waals surface area contributed by atoms with E-state index >= 15 is 0 Å². The van der Waals surface area contributed by atoms with E-state index in [1.54, 1.807) is 30.0 Å². The van der Waals surface area contributed by atoms with Gasteiger partial charge in [-0.3, -0.25) is 4.79 Å². The van der Waals surface area contributed by atoms with Crippen molar-refractivity contribution in [2.75, 3.05) is 26.8 Å². The van der Waals surface area contributed by atoms with Gasteiger partial charge in [-0.15, -0.1) is 5.10 Å². The Hall–Kier alpha value is -2.04.